The lowest BCUT2D eigenvalue weighted by Gasteiger charge is -2.11. The number of halogens is 3. The molecule has 1 aromatic heterocycles. The lowest BCUT2D eigenvalue weighted by Crippen LogP contribution is -2.03. The van der Waals surface area contributed by atoms with Gasteiger partial charge in [-0.15, -0.1) is 0 Å². The molecule has 1 N–H and O–H groups in total. The molecule has 2 aromatic rings. The number of pyridine rings is 1. The normalized spacial score (nSPS) is 12.4. The van der Waals surface area contributed by atoms with Gasteiger partial charge in [-0.05, 0) is 39.7 Å². The number of aliphatic hydroxyl groups excluding tert-OH is 1. The van der Waals surface area contributed by atoms with Crippen LogP contribution in [0.15, 0.2) is 41.1 Å². The number of nitrogens with zero attached hydrogens (tertiary/aromatic N) is 1. The van der Waals surface area contributed by atoms with Gasteiger partial charge in [-0.25, -0.2) is 8.78 Å². The third-order valence-electron chi connectivity index (χ3n) is 2.52. The van der Waals surface area contributed by atoms with Crippen LogP contribution in [0.1, 0.15) is 17.2 Å². The van der Waals surface area contributed by atoms with E-state index in [1.807, 2.05) is 0 Å². The Morgan fingerprint density at radius 1 is 1.17 bits per heavy atom. The molecule has 2 rings (SSSR count). The molecule has 2 nitrogen and oxygen atoms in total. The Morgan fingerprint density at radius 3 is 2.61 bits per heavy atom. The van der Waals surface area contributed by atoms with E-state index in [1.165, 1.54) is 12.3 Å². The number of hydrogen-bond donors (Lipinski definition) is 1. The molecular formula is C13H10BrF2NO. The van der Waals surface area contributed by atoms with Crippen molar-refractivity contribution in [3.63, 3.8) is 0 Å². The first-order valence-electron chi connectivity index (χ1n) is 5.28. The Morgan fingerprint density at radius 2 is 1.94 bits per heavy atom. The fourth-order valence-electron chi connectivity index (χ4n) is 1.62. The fourth-order valence-corrected chi connectivity index (χ4v) is 2.00. The predicted octanol–water partition coefficient (Wildman–Crippen LogP) is 3.40. The molecule has 18 heavy (non-hydrogen) atoms. The molecule has 0 spiro atoms. The van der Waals surface area contributed by atoms with E-state index in [4.69, 9.17) is 0 Å². The summed E-state index contributed by atoms with van der Waals surface area (Å²) in [6.07, 6.45) is 2.54. The van der Waals surface area contributed by atoms with E-state index in [2.05, 4.69) is 20.9 Å². The highest BCUT2D eigenvalue weighted by atomic mass is 79.9. The maximum Gasteiger partial charge on any atom is 0.159 e. The summed E-state index contributed by atoms with van der Waals surface area (Å²) in [4.78, 5) is 3.94. The van der Waals surface area contributed by atoms with Crippen LogP contribution in [0.2, 0.25) is 0 Å². The molecule has 0 amide bonds. The summed E-state index contributed by atoms with van der Waals surface area (Å²) in [5.74, 6) is -1.80. The molecule has 1 unspecified atom stereocenters. The zero-order valence-corrected chi connectivity index (χ0v) is 10.9. The highest BCUT2D eigenvalue weighted by molar-refractivity contribution is 9.10. The monoisotopic (exact) mass is 313 g/mol. The van der Waals surface area contributed by atoms with Gasteiger partial charge in [0.2, 0.25) is 0 Å². The summed E-state index contributed by atoms with van der Waals surface area (Å²) < 4.78 is 26.5. The van der Waals surface area contributed by atoms with Crippen molar-refractivity contribution in [3.05, 3.63) is 63.9 Å². The Kier molecular flexibility index (Phi) is 4.04. The van der Waals surface area contributed by atoms with Gasteiger partial charge in [0.15, 0.2) is 11.6 Å². The quantitative estimate of drug-likeness (QED) is 0.942. The van der Waals surface area contributed by atoms with E-state index < -0.39 is 17.7 Å². The third kappa shape index (κ3) is 3.11. The fraction of sp³-hybridized carbons (Fsp3) is 0.154. The maximum absolute atomic E-state index is 13.0. The summed E-state index contributed by atoms with van der Waals surface area (Å²) in [7, 11) is 0. The molecule has 94 valence electrons. The minimum Gasteiger partial charge on any atom is -0.388 e. The minimum absolute atomic E-state index is 0.204. The zero-order valence-electron chi connectivity index (χ0n) is 9.28. The van der Waals surface area contributed by atoms with Crippen LogP contribution >= 0.6 is 15.9 Å². The molecule has 0 saturated carbocycles. The Labute approximate surface area is 111 Å². The van der Waals surface area contributed by atoms with Gasteiger partial charge >= 0.3 is 0 Å². The Balaban J connectivity index is 2.16. The van der Waals surface area contributed by atoms with E-state index in [0.717, 1.165) is 16.6 Å². The summed E-state index contributed by atoms with van der Waals surface area (Å²) in [5, 5.41) is 9.98. The smallest absolute Gasteiger partial charge is 0.159 e. The molecule has 0 aliphatic carbocycles. The van der Waals surface area contributed by atoms with E-state index >= 15 is 0 Å². The number of hydrogen-bond acceptors (Lipinski definition) is 2. The van der Waals surface area contributed by atoms with Crippen LogP contribution in [0.25, 0.3) is 0 Å². The molecule has 0 radical (unpaired) electrons. The van der Waals surface area contributed by atoms with E-state index in [1.54, 1.807) is 12.3 Å². The van der Waals surface area contributed by atoms with Crippen LogP contribution in [0, 0.1) is 11.6 Å². The van der Waals surface area contributed by atoms with Crippen molar-refractivity contribution in [3.8, 4) is 0 Å². The highest BCUT2D eigenvalue weighted by Crippen LogP contribution is 2.21. The number of rotatable bonds is 3. The third-order valence-corrected chi connectivity index (χ3v) is 2.96. The molecule has 1 atom stereocenters. The number of aliphatic hydroxyl groups is 1. The van der Waals surface area contributed by atoms with Gasteiger partial charge in [0.25, 0.3) is 0 Å². The molecule has 0 saturated heterocycles. The van der Waals surface area contributed by atoms with Crippen molar-refractivity contribution in [1.29, 1.82) is 0 Å². The van der Waals surface area contributed by atoms with Gasteiger partial charge in [0, 0.05) is 28.9 Å². The molecular weight excluding hydrogens is 304 g/mol. The van der Waals surface area contributed by atoms with Crippen molar-refractivity contribution >= 4 is 15.9 Å². The molecule has 1 aromatic carbocycles. The highest BCUT2D eigenvalue weighted by Gasteiger charge is 2.11. The van der Waals surface area contributed by atoms with Crippen molar-refractivity contribution in [1.82, 2.24) is 4.98 Å². The van der Waals surface area contributed by atoms with Crippen molar-refractivity contribution < 1.29 is 13.9 Å². The summed E-state index contributed by atoms with van der Waals surface area (Å²) in [5.41, 5.74) is 1.15. The summed E-state index contributed by atoms with van der Waals surface area (Å²) in [6.45, 7) is 0. The summed E-state index contributed by atoms with van der Waals surface area (Å²) >= 11 is 3.25. The molecule has 0 bridgehead atoms. The van der Waals surface area contributed by atoms with Crippen molar-refractivity contribution in [2.75, 3.05) is 0 Å². The van der Waals surface area contributed by atoms with Gasteiger partial charge in [-0.3, -0.25) is 4.98 Å². The SMILES string of the molecule is OC(Cc1ccc(F)c(F)c1)c1cncc(Br)c1. The standard InChI is InChI=1S/C13H10BrF2NO/c14-10-5-9(6-17-7-10)13(18)4-8-1-2-11(15)12(16)3-8/h1-3,5-7,13,18H,4H2. The average Bonchev–Trinajstić information content (AvgIpc) is 2.34. The van der Waals surface area contributed by atoms with Gasteiger partial charge in [0.1, 0.15) is 0 Å². The average molecular weight is 314 g/mol. The van der Waals surface area contributed by atoms with Crippen LogP contribution < -0.4 is 0 Å². The van der Waals surface area contributed by atoms with Crippen molar-refractivity contribution in [2.45, 2.75) is 12.5 Å². The molecule has 0 aliphatic rings. The maximum atomic E-state index is 13.0. The summed E-state index contributed by atoms with van der Waals surface area (Å²) in [6, 6.07) is 5.32. The van der Waals surface area contributed by atoms with Crippen LogP contribution in [-0.2, 0) is 6.42 Å². The zero-order chi connectivity index (χ0) is 13.1. The van der Waals surface area contributed by atoms with E-state index in [9.17, 15) is 13.9 Å². The van der Waals surface area contributed by atoms with Gasteiger partial charge in [-0.1, -0.05) is 6.07 Å². The second-order valence-corrected chi connectivity index (χ2v) is 4.82. The number of benzene rings is 1. The largest absolute Gasteiger partial charge is 0.388 e. The topological polar surface area (TPSA) is 33.1 Å². The Bertz CT molecular complexity index is 562. The first-order chi connectivity index (χ1) is 8.56. The predicted molar refractivity (Wildman–Crippen MR) is 67.0 cm³/mol. The number of aromatic nitrogens is 1. The first kappa shape index (κ1) is 13.1. The van der Waals surface area contributed by atoms with Gasteiger partial charge in [-0.2, -0.15) is 0 Å². The molecule has 1 heterocycles. The minimum atomic E-state index is -0.910. The van der Waals surface area contributed by atoms with Crippen LogP contribution in [0.4, 0.5) is 8.78 Å². The second kappa shape index (κ2) is 5.54. The van der Waals surface area contributed by atoms with Crippen LogP contribution in [0.3, 0.4) is 0 Å². The van der Waals surface area contributed by atoms with Gasteiger partial charge in [0.05, 0.1) is 6.10 Å². The van der Waals surface area contributed by atoms with Crippen molar-refractivity contribution in [2.24, 2.45) is 0 Å². The first-order valence-corrected chi connectivity index (χ1v) is 6.08. The van der Waals surface area contributed by atoms with Crippen LogP contribution in [0.5, 0.6) is 0 Å². The molecule has 0 aliphatic heterocycles. The lowest BCUT2D eigenvalue weighted by molar-refractivity contribution is 0.178. The van der Waals surface area contributed by atoms with E-state index in [0.29, 0.717) is 11.1 Å². The van der Waals surface area contributed by atoms with Crippen LogP contribution in [-0.4, -0.2) is 10.1 Å². The second-order valence-electron chi connectivity index (χ2n) is 3.90. The molecule has 5 heteroatoms. The molecule has 0 fully saturated rings. The van der Waals surface area contributed by atoms with E-state index in [-0.39, 0.29) is 6.42 Å². The Hall–Kier alpha value is -1.33. The lowest BCUT2D eigenvalue weighted by atomic mass is 10.0. The van der Waals surface area contributed by atoms with Gasteiger partial charge < -0.3 is 5.11 Å².